The van der Waals surface area contributed by atoms with E-state index >= 15 is 0 Å². The predicted molar refractivity (Wildman–Crippen MR) is 83.4 cm³/mol. The largest absolute Gasteiger partial charge is 0.485 e. The van der Waals surface area contributed by atoms with Crippen LogP contribution in [0.2, 0.25) is 0 Å². The number of rotatable bonds is 3. The molecule has 1 unspecified atom stereocenters. The summed E-state index contributed by atoms with van der Waals surface area (Å²) in [5.74, 6) is 2.45. The number of halogens is 1. The van der Waals surface area contributed by atoms with Gasteiger partial charge in [-0.15, -0.1) is 0 Å². The van der Waals surface area contributed by atoms with Crippen LogP contribution in [0, 0.1) is 0 Å². The Hall–Kier alpha value is -1.82. The van der Waals surface area contributed by atoms with Crippen LogP contribution in [0.5, 0.6) is 11.5 Å². The monoisotopic (exact) mass is 349 g/mol. The molecule has 0 radical (unpaired) electrons. The van der Waals surface area contributed by atoms with Crippen molar-refractivity contribution < 1.29 is 9.47 Å². The van der Waals surface area contributed by atoms with E-state index in [9.17, 15) is 0 Å². The summed E-state index contributed by atoms with van der Waals surface area (Å²) in [6.07, 6.45) is 1.48. The maximum Gasteiger partial charge on any atom is 0.192 e. The van der Waals surface area contributed by atoms with Gasteiger partial charge in [-0.05, 0) is 34.5 Å². The van der Waals surface area contributed by atoms with Crippen LogP contribution in [0.25, 0.3) is 0 Å². The number of aryl methyl sites for hydroxylation is 1. The highest BCUT2D eigenvalue weighted by molar-refractivity contribution is 9.10. The number of anilines is 1. The molecule has 1 atom stereocenters. The Labute approximate surface area is 131 Å². The Morgan fingerprint density at radius 3 is 2.81 bits per heavy atom. The number of para-hydroxylation sites is 2. The van der Waals surface area contributed by atoms with Gasteiger partial charge in [0.05, 0.1) is 10.2 Å². The molecule has 0 bridgehead atoms. The molecule has 0 saturated carbocycles. The van der Waals surface area contributed by atoms with E-state index in [4.69, 9.17) is 15.2 Å². The second kappa shape index (κ2) is 5.89. The van der Waals surface area contributed by atoms with Gasteiger partial charge in [-0.25, -0.2) is 9.97 Å². The van der Waals surface area contributed by atoms with Crippen molar-refractivity contribution >= 4 is 21.7 Å². The maximum atomic E-state index is 5.96. The fourth-order valence-electron chi connectivity index (χ4n) is 2.23. The normalized spacial score (nSPS) is 16.8. The van der Waals surface area contributed by atoms with E-state index < -0.39 is 0 Å². The number of nitrogens with zero attached hydrogens (tertiary/aromatic N) is 2. The molecular weight excluding hydrogens is 334 g/mol. The number of fused-ring (bicyclic) bond motifs is 1. The first kappa shape index (κ1) is 14.1. The molecule has 0 aliphatic carbocycles. The van der Waals surface area contributed by atoms with Gasteiger partial charge in [0.2, 0.25) is 0 Å². The third kappa shape index (κ3) is 2.81. The quantitative estimate of drug-likeness (QED) is 0.920. The Morgan fingerprint density at radius 2 is 2.05 bits per heavy atom. The molecule has 5 nitrogen and oxygen atoms in total. The van der Waals surface area contributed by atoms with Gasteiger partial charge >= 0.3 is 0 Å². The summed E-state index contributed by atoms with van der Waals surface area (Å²) in [5, 5.41) is 0. The van der Waals surface area contributed by atoms with Crippen LogP contribution >= 0.6 is 15.9 Å². The first-order valence-corrected chi connectivity index (χ1v) is 7.68. The van der Waals surface area contributed by atoms with Crippen molar-refractivity contribution in [3.63, 3.8) is 0 Å². The average molecular weight is 350 g/mol. The van der Waals surface area contributed by atoms with Gasteiger partial charge in [-0.1, -0.05) is 25.5 Å². The van der Waals surface area contributed by atoms with Crippen LogP contribution in [0.1, 0.15) is 31.0 Å². The number of benzene rings is 1. The van der Waals surface area contributed by atoms with E-state index in [2.05, 4.69) is 32.8 Å². The molecular formula is C15H16BrN3O2. The average Bonchev–Trinajstić information content (AvgIpc) is 2.51. The lowest BCUT2D eigenvalue weighted by Crippen LogP contribution is -2.24. The molecule has 0 amide bonds. The summed E-state index contributed by atoms with van der Waals surface area (Å²) in [4.78, 5) is 8.90. The van der Waals surface area contributed by atoms with Crippen LogP contribution in [0.15, 0.2) is 28.7 Å². The summed E-state index contributed by atoms with van der Waals surface area (Å²) in [7, 11) is 0. The fourth-order valence-corrected chi connectivity index (χ4v) is 2.60. The highest BCUT2D eigenvalue weighted by Crippen LogP contribution is 2.35. The molecule has 0 saturated heterocycles. The zero-order valence-corrected chi connectivity index (χ0v) is 13.3. The Morgan fingerprint density at radius 1 is 1.29 bits per heavy atom. The topological polar surface area (TPSA) is 70.3 Å². The van der Waals surface area contributed by atoms with Crippen molar-refractivity contribution in [2.45, 2.75) is 25.9 Å². The minimum Gasteiger partial charge on any atom is -0.485 e. The van der Waals surface area contributed by atoms with E-state index in [1.807, 2.05) is 24.3 Å². The number of nitrogens with two attached hydrogens (primary N) is 1. The summed E-state index contributed by atoms with van der Waals surface area (Å²) in [5.41, 5.74) is 6.86. The van der Waals surface area contributed by atoms with E-state index in [1.165, 1.54) is 0 Å². The third-order valence-corrected chi connectivity index (χ3v) is 4.11. The molecule has 2 N–H and O–H groups in total. The lowest BCUT2D eigenvalue weighted by atomic mass is 10.2. The predicted octanol–water partition coefficient (Wildman–Crippen LogP) is 3.29. The molecule has 0 spiro atoms. The standard InChI is InChI=1S/C15H16BrN3O2/c1-2-5-9-13(16)14(17)19-15(18-9)12-8-20-10-6-3-4-7-11(10)21-12/h3-4,6-7,12H,2,5,8H2,1H3,(H2,17,18,19). The van der Waals surface area contributed by atoms with Gasteiger partial charge in [0.25, 0.3) is 0 Å². The molecule has 3 rings (SSSR count). The smallest absolute Gasteiger partial charge is 0.192 e. The fraction of sp³-hybridized carbons (Fsp3) is 0.333. The summed E-state index contributed by atoms with van der Waals surface area (Å²) >= 11 is 3.44. The lowest BCUT2D eigenvalue weighted by Gasteiger charge is -2.25. The summed E-state index contributed by atoms with van der Waals surface area (Å²) < 4.78 is 12.4. The Bertz CT molecular complexity index is 663. The first-order chi connectivity index (χ1) is 10.2. The van der Waals surface area contributed by atoms with E-state index in [0.717, 1.165) is 28.8 Å². The molecule has 1 aliphatic heterocycles. The molecule has 21 heavy (non-hydrogen) atoms. The maximum absolute atomic E-state index is 5.96. The minimum absolute atomic E-state index is 0.342. The van der Waals surface area contributed by atoms with Crippen molar-refractivity contribution in [3.05, 3.63) is 40.3 Å². The van der Waals surface area contributed by atoms with Gasteiger partial charge in [-0.2, -0.15) is 0 Å². The number of ether oxygens (including phenoxy) is 2. The van der Waals surface area contributed by atoms with Crippen molar-refractivity contribution in [3.8, 4) is 11.5 Å². The molecule has 110 valence electrons. The third-order valence-electron chi connectivity index (χ3n) is 3.25. The highest BCUT2D eigenvalue weighted by atomic mass is 79.9. The van der Waals surface area contributed by atoms with E-state index in [-0.39, 0.29) is 6.10 Å². The number of nitrogen functional groups attached to an aromatic ring is 1. The van der Waals surface area contributed by atoms with Crippen LogP contribution in [-0.2, 0) is 6.42 Å². The van der Waals surface area contributed by atoms with Crippen LogP contribution in [0.3, 0.4) is 0 Å². The van der Waals surface area contributed by atoms with Gasteiger partial charge in [-0.3, -0.25) is 0 Å². The van der Waals surface area contributed by atoms with Gasteiger partial charge in [0, 0.05) is 0 Å². The van der Waals surface area contributed by atoms with Crippen molar-refractivity contribution in [1.29, 1.82) is 0 Å². The van der Waals surface area contributed by atoms with Gasteiger partial charge < -0.3 is 15.2 Å². The first-order valence-electron chi connectivity index (χ1n) is 6.89. The SMILES string of the molecule is CCCc1nc(C2COc3ccccc3O2)nc(N)c1Br. The summed E-state index contributed by atoms with van der Waals surface area (Å²) in [6.45, 7) is 2.48. The second-order valence-corrected chi connectivity index (χ2v) is 5.63. The lowest BCUT2D eigenvalue weighted by molar-refractivity contribution is 0.0849. The zero-order chi connectivity index (χ0) is 14.8. The zero-order valence-electron chi connectivity index (χ0n) is 11.7. The van der Waals surface area contributed by atoms with Gasteiger partial charge in [0.1, 0.15) is 12.4 Å². The van der Waals surface area contributed by atoms with Crippen LogP contribution < -0.4 is 15.2 Å². The molecule has 6 heteroatoms. The van der Waals surface area contributed by atoms with Gasteiger partial charge in [0.15, 0.2) is 23.4 Å². The van der Waals surface area contributed by atoms with Crippen LogP contribution in [0.4, 0.5) is 5.82 Å². The molecule has 1 aliphatic rings. The number of hydrogen-bond donors (Lipinski definition) is 1. The highest BCUT2D eigenvalue weighted by Gasteiger charge is 2.26. The van der Waals surface area contributed by atoms with E-state index in [0.29, 0.717) is 24.0 Å². The van der Waals surface area contributed by atoms with E-state index in [1.54, 1.807) is 0 Å². The minimum atomic E-state index is -0.342. The Balaban J connectivity index is 1.91. The van der Waals surface area contributed by atoms with Crippen LogP contribution in [-0.4, -0.2) is 16.6 Å². The molecule has 0 fully saturated rings. The molecule has 2 aromatic rings. The molecule has 1 aromatic heterocycles. The molecule has 2 heterocycles. The van der Waals surface area contributed by atoms with Crippen molar-refractivity contribution in [2.24, 2.45) is 0 Å². The Kier molecular flexibility index (Phi) is 3.96. The second-order valence-electron chi connectivity index (χ2n) is 4.84. The number of hydrogen-bond acceptors (Lipinski definition) is 5. The molecule has 1 aromatic carbocycles. The number of aromatic nitrogens is 2. The van der Waals surface area contributed by atoms with Crippen molar-refractivity contribution in [1.82, 2.24) is 9.97 Å². The van der Waals surface area contributed by atoms with Crippen molar-refractivity contribution in [2.75, 3.05) is 12.3 Å². The summed E-state index contributed by atoms with van der Waals surface area (Å²) in [6, 6.07) is 7.57.